The first-order chi connectivity index (χ1) is 12.9. The predicted octanol–water partition coefficient (Wildman–Crippen LogP) is 4.49. The molecule has 27 heavy (non-hydrogen) atoms. The normalized spacial score (nSPS) is 12.0. The fourth-order valence-electron chi connectivity index (χ4n) is 3.53. The Hall–Kier alpha value is -2.99. The average Bonchev–Trinajstić information content (AvgIpc) is 2.92. The first-order valence-corrected chi connectivity index (χ1v) is 9.96. The molecule has 0 amide bonds. The van der Waals surface area contributed by atoms with Crippen molar-refractivity contribution >= 4 is 31.5 Å². The second kappa shape index (κ2) is 6.03. The molecule has 4 aromatic rings. The second-order valence-corrected chi connectivity index (χ2v) is 8.45. The number of fused-ring (bicyclic) bond motifs is 3. The maximum atomic E-state index is 13.4. The van der Waals surface area contributed by atoms with Gasteiger partial charge in [-0.15, -0.1) is 0 Å². The van der Waals surface area contributed by atoms with Crippen molar-refractivity contribution in [3.63, 3.8) is 0 Å². The van der Waals surface area contributed by atoms with Crippen LogP contribution in [-0.2, 0) is 9.84 Å². The highest BCUT2D eigenvalue weighted by atomic mass is 32.2. The van der Waals surface area contributed by atoms with Crippen molar-refractivity contribution in [1.82, 2.24) is 4.73 Å². The summed E-state index contributed by atoms with van der Waals surface area (Å²) >= 11 is 0. The highest BCUT2D eigenvalue weighted by Crippen LogP contribution is 2.40. The average molecular weight is 381 g/mol. The van der Waals surface area contributed by atoms with E-state index in [1.807, 2.05) is 31.2 Å². The van der Waals surface area contributed by atoms with E-state index in [4.69, 9.17) is 4.74 Å². The van der Waals surface area contributed by atoms with Gasteiger partial charge in [0.25, 0.3) is 0 Å². The Morgan fingerprint density at radius 2 is 1.56 bits per heavy atom. The number of aryl methyl sites for hydroxylation is 1. The van der Waals surface area contributed by atoms with Crippen LogP contribution in [0.2, 0.25) is 0 Å². The summed E-state index contributed by atoms with van der Waals surface area (Å²) in [7, 11) is -2.28. The molecule has 6 heteroatoms. The van der Waals surface area contributed by atoms with Gasteiger partial charge in [0.05, 0.1) is 23.2 Å². The summed E-state index contributed by atoms with van der Waals surface area (Å²) in [6.07, 6.45) is 0. The van der Waals surface area contributed by atoms with E-state index in [1.165, 1.54) is 0 Å². The minimum Gasteiger partial charge on any atom is -0.496 e. The molecule has 0 bridgehead atoms. The van der Waals surface area contributed by atoms with Crippen LogP contribution in [0.1, 0.15) is 11.3 Å². The lowest BCUT2D eigenvalue weighted by atomic mass is 10.1. The molecule has 0 radical (unpaired) electrons. The van der Waals surface area contributed by atoms with Crippen LogP contribution in [0.25, 0.3) is 21.7 Å². The molecule has 0 unspecified atom stereocenters. The monoisotopic (exact) mass is 381 g/mol. The molecule has 3 aromatic carbocycles. The maximum Gasteiger partial charge on any atom is 0.209 e. The lowest BCUT2D eigenvalue weighted by Gasteiger charge is -2.09. The molecule has 1 N–H and O–H groups in total. The van der Waals surface area contributed by atoms with Crippen molar-refractivity contribution in [3.8, 4) is 5.75 Å². The molecule has 1 aromatic heterocycles. The van der Waals surface area contributed by atoms with Gasteiger partial charge in [-0.3, -0.25) is 0 Å². The topological polar surface area (TPSA) is 68.5 Å². The van der Waals surface area contributed by atoms with Crippen LogP contribution in [0.4, 0.5) is 0 Å². The number of rotatable bonds is 3. The minimum absolute atomic E-state index is 0.0907. The van der Waals surface area contributed by atoms with Crippen LogP contribution in [0.5, 0.6) is 5.75 Å². The van der Waals surface area contributed by atoms with E-state index >= 15 is 0 Å². The Kier molecular flexibility index (Phi) is 3.89. The smallest absolute Gasteiger partial charge is 0.209 e. The molecule has 0 aliphatic rings. The lowest BCUT2D eigenvalue weighted by molar-refractivity contribution is 0.192. The third-order valence-corrected chi connectivity index (χ3v) is 6.85. The molecule has 0 saturated heterocycles. The molecule has 0 atom stereocenters. The van der Waals surface area contributed by atoms with Crippen LogP contribution < -0.4 is 4.74 Å². The van der Waals surface area contributed by atoms with Gasteiger partial charge in [0.15, 0.2) is 0 Å². The van der Waals surface area contributed by atoms with E-state index in [0.29, 0.717) is 16.7 Å². The summed E-state index contributed by atoms with van der Waals surface area (Å²) in [5, 5.41) is 12.7. The first kappa shape index (κ1) is 17.4. The van der Waals surface area contributed by atoms with Gasteiger partial charge in [0.2, 0.25) is 9.84 Å². The molecule has 0 aliphatic heterocycles. The molecule has 0 aliphatic carbocycles. The molecular formula is C21H19NO4S. The quantitative estimate of drug-likeness (QED) is 0.531. The van der Waals surface area contributed by atoms with Crippen molar-refractivity contribution in [1.29, 1.82) is 0 Å². The third-order valence-electron chi connectivity index (χ3n) is 4.90. The highest BCUT2D eigenvalue weighted by Gasteiger charge is 2.29. The van der Waals surface area contributed by atoms with Crippen LogP contribution >= 0.6 is 0 Å². The van der Waals surface area contributed by atoms with Crippen LogP contribution in [0, 0.1) is 13.8 Å². The largest absolute Gasteiger partial charge is 0.496 e. The molecule has 5 nitrogen and oxygen atoms in total. The Morgan fingerprint density at radius 1 is 0.926 bits per heavy atom. The number of ether oxygens (including phenoxy) is 1. The zero-order chi connectivity index (χ0) is 19.3. The number of hydrogen-bond donors (Lipinski definition) is 1. The van der Waals surface area contributed by atoms with Gasteiger partial charge in [0.1, 0.15) is 10.6 Å². The second-order valence-electron chi connectivity index (χ2n) is 6.56. The summed E-state index contributed by atoms with van der Waals surface area (Å²) in [5.74, 6) is 0.559. The number of aromatic nitrogens is 1. The fourth-order valence-corrected chi connectivity index (χ4v) is 5.18. The van der Waals surface area contributed by atoms with Crippen LogP contribution in [-0.4, -0.2) is 25.5 Å². The molecule has 1 heterocycles. The summed E-state index contributed by atoms with van der Waals surface area (Å²) in [4.78, 5) is 0.281. The Morgan fingerprint density at radius 3 is 2.19 bits per heavy atom. The van der Waals surface area contributed by atoms with Gasteiger partial charge in [-0.1, -0.05) is 42.0 Å². The standard InChI is InChI=1S/C21H19NO4S/c1-13-8-10-15(11-9-13)27(24,25)21-14(2)22(23)20-17-7-5-4-6-16(17)19(26-3)12-18(20)21/h4-12,23H,1-3H3. The Bertz CT molecular complexity index is 1290. The summed E-state index contributed by atoms with van der Waals surface area (Å²) < 4.78 is 33.2. The highest BCUT2D eigenvalue weighted by molar-refractivity contribution is 7.91. The van der Waals surface area contributed by atoms with Crippen molar-refractivity contribution in [2.45, 2.75) is 23.6 Å². The van der Waals surface area contributed by atoms with E-state index in [1.54, 1.807) is 44.4 Å². The van der Waals surface area contributed by atoms with Gasteiger partial charge in [-0.05, 0) is 32.0 Å². The van der Waals surface area contributed by atoms with Gasteiger partial charge in [-0.2, -0.15) is 4.73 Å². The zero-order valence-corrected chi connectivity index (χ0v) is 16.0. The van der Waals surface area contributed by atoms with Crippen molar-refractivity contribution in [3.05, 3.63) is 65.9 Å². The lowest BCUT2D eigenvalue weighted by Crippen LogP contribution is -2.04. The van der Waals surface area contributed by atoms with Crippen molar-refractivity contribution in [2.24, 2.45) is 0 Å². The Labute approximate surface area is 157 Å². The number of methoxy groups -OCH3 is 1. The minimum atomic E-state index is -3.82. The number of sulfone groups is 1. The summed E-state index contributed by atoms with van der Waals surface area (Å²) in [6, 6.07) is 15.8. The van der Waals surface area contributed by atoms with E-state index in [0.717, 1.165) is 21.1 Å². The van der Waals surface area contributed by atoms with E-state index in [9.17, 15) is 13.6 Å². The number of benzene rings is 3. The van der Waals surface area contributed by atoms with E-state index in [-0.39, 0.29) is 15.5 Å². The van der Waals surface area contributed by atoms with Gasteiger partial charge < -0.3 is 9.94 Å². The van der Waals surface area contributed by atoms with Crippen molar-refractivity contribution < 1.29 is 18.4 Å². The van der Waals surface area contributed by atoms with Gasteiger partial charge >= 0.3 is 0 Å². The summed E-state index contributed by atoms with van der Waals surface area (Å²) in [6.45, 7) is 3.50. The molecule has 0 saturated carbocycles. The molecule has 0 fully saturated rings. The first-order valence-electron chi connectivity index (χ1n) is 8.48. The van der Waals surface area contributed by atoms with Gasteiger partial charge in [-0.25, -0.2) is 8.42 Å². The SMILES string of the molecule is COc1cc2c(S(=O)(=O)c3ccc(C)cc3)c(C)n(O)c2c2ccccc12. The molecule has 4 rings (SSSR count). The molecule has 0 spiro atoms. The van der Waals surface area contributed by atoms with Crippen molar-refractivity contribution in [2.75, 3.05) is 7.11 Å². The van der Waals surface area contributed by atoms with E-state index in [2.05, 4.69) is 0 Å². The van der Waals surface area contributed by atoms with Gasteiger partial charge in [0, 0.05) is 16.2 Å². The fraction of sp³-hybridized carbons (Fsp3) is 0.143. The Balaban J connectivity index is 2.15. The third kappa shape index (κ3) is 2.48. The number of hydrogen-bond acceptors (Lipinski definition) is 4. The zero-order valence-electron chi connectivity index (χ0n) is 15.2. The van der Waals surface area contributed by atoms with Crippen LogP contribution in [0.15, 0.2) is 64.4 Å². The predicted molar refractivity (Wildman–Crippen MR) is 105 cm³/mol. The molecular weight excluding hydrogens is 362 g/mol. The van der Waals surface area contributed by atoms with Crippen LogP contribution in [0.3, 0.4) is 0 Å². The summed E-state index contributed by atoms with van der Waals surface area (Å²) in [5.41, 5.74) is 1.70. The molecule has 138 valence electrons. The van der Waals surface area contributed by atoms with E-state index < -0.39 is 9.84 Å². The maximum absolute atomic E-state index is 13.4. The number of nitrogens with zero attached hydrogens (tertiary/aromatic N) is 1.